The van der Waals surface area contributed by atoms with Crippen molar-refractivity contribution in [2.24, 2.45) is 5.41 Å². The Kier molecular flexibility index (Phi) is 21.4. The number of β-amino-alcohol motifs (C(OH)–C–C–N with tert-alkyl or cyclic N) is 1. The van der Waals surface area contributed by atoms with Gasteiger partial charge in [0.2, 0.25) is 17.7 Å². The van der Waals surface area contributed by atoms with Crippen LogP contribution in [0.25, 0.3) is 21.7 Å². The van der Waals surface area contributed by atoms with E-state index in [0.29, 0.717) is 30.0 Å². The van der Waals surface area contributed by atoms with Gasteiger partial charge in [-0.2, -0.15) is 0 Å². The molecule has 1 fully saturated rings. The minimum Gasteiger partial charge on any atom is -0.507 e. The Labute approximate surface area is 431 Å². The van der Waals surface area contributed by atoms with E-state index in [-0.39, 0.29) is 48.3 Å². The number of aliphatic hydroxyl groups is 1. The van der Waals surface area contributed by atoms with Crippen molar-refractivity contribution in [3.8, 4) is 33.2 Å². The van der Waals surface area contributed by atoms with Crippen molar-refractivity contribution >= 4 is 34.9 Å². The molecule has 4 atom stereocenters. The number of nitrogen functional groups attached to an aromatic ring is 1. The van der Waals surface area contributed by atoms with Crippen LogP contribution in [-0.4, -0.2) is 85.9 Å². The van der Waals surface area contributed by atoms with Gasteiger partial charge in [-0.15, -0.1) is 21.5 Å². The minimum absolute atomic E-state index is 0.0456. The summed E-state index contributed by atoms with van der Waals surface area (Å²) in [6.07, 6.45) is 14.3. The van der Waals surface area contributed by atoms with Crippen LogP contribution in [0, 0.1) is 12.3 Å². The first-order valence-electron chi connectivity index (χ1n) is 26.1. The number of ether oxygens (including phenoxy) is 1. The molecule has 0 unspecified atom stereocenters. The molecular formula is C57H78N8O6S. The van der Waals surface area contributed by atoms with E-state index in [4.69, 9.17) is 10.5 Å². The molecule has 3 amide bonds. The number of unbranched alkanes of at least 4 members (excludes halogenated alkanes) is 11. The number of hydrogen-bond donors (Lipinski definition) is 6. The molecule has 72 heavy (non-hydrogen) atoms. The maximum Gasteiger partial charge on any atom is 0.246 e. The first kappa shape index (κ1) is 55.4. The normalized spacial score (nSPS) is 15.6. The molecule has 388 valence electrons. The number of anilines is 1. The van der Waals surface area contributed by atoms with Gasteiger partial charge in [-0.05, 0) is 73.0 Å². The Balaban J connectivity index is 0.766. The fourth-order valence-corrected chi connectivity index (χ4v) is 10.0. The van der Waals surface area contributed by atoms with Gasteiger partial charge in [0, 0.05) is 44.0 Å². The van der Waals surface area contributed by atoms with Crippen molar-refractivity contribution in [1.82, 2.24) is 36.0 Å². The summed E-state index contributed by atoms with van der Waals surface area (Å²) in [4.78, 5) is 47.8. The zero-order valence-electron chi connectivity index (χ0n) is 43.1. The van der Waals surface area contributed by atoms with Crippen molar-refractivity contribution in [2.75, 3.05) is 25.4 Å². The molecule has 7 N–H and O–H groups in total. The fourth-order valence-electron chi connectivity index (χ4n) is 9.21. The largest absolute Gasteiger partial charge is 0.507 e. The number of hydrogen-bond acceptors (Lipinski definition) is 12. The second kappa shape index (κ2) is 27.8. The lowest BCUT2D eigenvalue weighted by atomic mass is 9.85. The summed E-state index contributed by atoms with van der Waals surface area (Å²) in [6.45, 7) is 12.0. The number of aliphatic hydroxyl groups excluding tert-OH is 1. The quantitative estimate of drug-likeness (QED) is 0.0260. The van der Waals surface area contributed by atoms with E-state index in [0.717, 1.165) is 66.9 Å². The molecule has 0 radical (unpaired) electrons. The molecule has 15 heteroatoms. The highest BCUT2D eigenvalue weighted by molar-refractivity contribution is 7.13. The van der Waals surface area contributed by atoms with E-state index < -0.39 is 23.6 Å². The average molecular weight is 1000 g/mol. The van der Waals surface area contributed by atoms with Crippen LogP contribution in [0.2, 0.25) is 0 Å². The van der Waals surface area contributed by atoms with Gasteiger partial charge < -0.3 is 41.5 Å². The molecule has 6 rings (SSSR count). The fraction of sp³-hybridized carbons (Fsp3) is 0.509. The molecule has 1 aliphatic rings. The van der Waals surface area contributed by atoms with Gasteiger partial charge in [0.15, 0.2) is 11.6 Å². The van der Waals surface area contributed by atoms with Crippen LogP contribution in [-0.2, 0) is 27.3 Å². The van der Waals surface area contributed by atoms with Gasteiger partial charge in [-0.1, -0.05) is 146 Å². The number of amides is 3. The Hall–Kier alpha value is -5.90. The molecule has 3 aromatic carbocycles. The van der Waals surface area contributed by atoms with E-state index in [9.17, 15) is 24.6 Å². The number of thiazole rings is 1. The van der Waals surface area contributed by atoms with Crippen molar-refractivity contribution in [3.63, 3.8) is 0 Å². The number of aromatic nitrogens is 3. The van der Waals surface area contributed by atoms with E-state index in [1.807, 2.05) is 70.5 Å². The summed E-state index contributed by atoms with van der Waals surface area (Å²) in [5.74, 6) is -0.0358. The lowest BCUT2D eigenvalue weighted by Crippen LogP contribution is -2.57. The van der Waals surface area contributed by atoms with Crippen LogP contribution in [0.3, 0.4) is 0 Å². The number of aryl methyl sites for hydroxylation is 1. The number of nitrogens with two attached hydrogens (primary N) is 1. The van der Waals surface area contributed by atoms with E-state index >= 15 is 0 Å². The zero-order chi connectivity index (χ0) is 51.5. The first-order chi connectivity index (χ1) is 34.7. The van der Waals surface area contributed by atoms with Crippen molar-refractivity contribution < 1.29 is 29.3 Å². The third-order valence-corrected chi connectivity index (χ3v) is 14.5. The predicted octanol–water partition coefficient (Wildman–Crippen LogP) is 10.0. The maximum absolute atomic E-state index is 14.1. The number of phenolic OH excluding ortho intramolecular Hbond substituents is 1. The van der Waals surface area contributed by atoms with E-state index in [1.54, 1.807) is 35.6 Å². The van der Waals surface area contributed by atoms with E-state index in [1.165, 1.54) is 67.4 Å². The number of rotatable bonds is 28. The molecule has 0 spiro atoms. The highest BCUT2D eigenvalue weighted by Crippen LogP contribution is 2.32. The van der Waals surface area contributed by atoms with Gasteiger partial charge in [0.25, 0.3) is 0 Å². The number of phenols is 1. The molecule has 14 nitrogen and oxygen atoms in total. The number of nitrogens with one attached hydrogen (secondary N) is 3. The lowest BCUT2D eigenvalue weighted by molar-refractivity contribution is -0.144. The number of para-hydroxylation sites is 1. The number of carbonyl (C=O) groups excluding carboxylic acids is 3. The highest BCUT2D eigenvalue weighted by atomic mass is 32.1. The third-order valence-electron chi connectivity index (χ3n) is 13.5. The predicted molar refractivity (Wildman–Crippen MR) is 287 cm³/mol. The number of nitrogens with zero attached hydrogens (tertiary/aromatic N) is 4. The molecule has 1 aliphatic heterocycles. The summed E-state index contributed by atoms with van der Waals surface area (Å²) in [5.41, 5.74) is 13.7. The minimum atomic E-state index is -0.833. The highest BCUT2D eigenvalue weighted by Gasteiger charge is 2.44. The smallest absolute Gasteiger partial charge is 0.246 e. The second-order valence-electron chi connectivity index (χ2n) is 20.5. The summed E-state index contributed by atoms with van der Waals surface area (Å²) in [6, 6.07) is 23.3. The molecule has 3 heterocycles. The van der Waals surface area contributed by atoms with Crippen LogP contribution < -0.4 is 26.4 Å². The molecular weight excluding hydrogens is 925 g/mol. The second-order valence-corrected chi connectivity index (χ2v) is 21.3. The Morgan fingerprint density at radius 2 is 1.49 bits per heavy atom. The summed E-state index contributed by atoms with van der Waals surface area (Å²) in [7, 11) is 0. The molecule has 5 aromatic rings. The van der Waals surface area contributed by atoms with Gasteiger partial charge >= 0.3 is 0 Å². The number of benzene rings is 3. The van der Waals surface area contributed by atoms with Crippen molar-refractivity contribution in [2.45, 2.75) is 162 Å². The van der Waals surface area contributed by atoms with Gasteiger partial charge in [-0.25, -0.2) is 4.98 Å². The SMILES string of the molecule is Cc1ncsc1-c1ccc([C@H](C)NC(=O)[C@@H]2C[C@@H](O)CN2C(=O)[C@@H](NC(=O)CCCCCCCCCCCCCCNCc2ccc(CCOc3cc(-c4ccccc4O)nnc3N)cc2)C(C)(C)C)cc1. The molecule has 1 saturated heterocycles. The molecule has 0 bridgehead atoms. The Bertz CT molecular complexity index is 2480. The van der Waals surface area contributed by atoms with Gasteiger partial charge in [0.1, 0.15) is 23.5 Å². The molecule has 0 aliphatic carbocycles. The summed E-state index contributed by atoms with van der Waals surface area (Å²) < 4.78 is 5.94. The maximum atomic E-state index is 14.1. The van der Waals surface area contributed by atoms with Crippen LogP contribution in [0.15, 0.2) is 84.4 Å². The summed E-state index contributed by atoms with van der Waals surface area (Å²) in [5, 5.41) is 38.6. The van der Waals surface area contributed by atoms with Crippen LogP contribution in [0.4, 0.5) is 5.82 Å². The number of carbonyl (C=O) groups is 3. The lowest BCUT2D eigenvalue weighted by Gasteiger charge is -2.35. The van der Waals surface area contributed by atoms with Crippen molar-refractivity contribution in [1.29, 1.82) is 0 Å². The molecule has 2 aromatic heterocycles. The number of aromatic hydroxyl groups is 1. The number of likely N-dealkylation sites (tertiary alicyclic amines) is 1. The summed E-state index contributed by atoms with van der Waals surface area (Å²) >= 11 is 1.59. The third kappa shape index (κ3) is 16.8. The molecule has 0 saturated carbocycles. The van der Waals surface area contributed by atoms with Crippen molar-refractivity contribution in [3.05, 3.63) is 107 Å². The average Bonchev–Trinajstić information content (AvgIpc) is 3.98. The van der Waals surface area contributed by atoms with E-state index in [2.05, 4.69) is 55.4 Å². The standard InChI is InChI=1S/C57H78N8O6S/c1-39(43-27-29-44(30-28-43)52-40(2)60-38-72-52)61-55(69)48-34-45(66)37-65(48)56(70)53(57(3,4)5)62-51(68)22-16-14-12-10-8-6-7-9-11-13-15-19-32-59-36-42-25-23-41(24-26-42)31-33-71-50-35-47(63-64-54(50)58)46-20-17-18-21-49(46)67/h17-18,20-21,23-30,35,38-39,45,48,53,59,66-67H,6-16,19,22,31-34,36-37H2,1-5H3,(H2,58,64)(H,61,69)(H,62,68)/t39-,45+,48-,53+/m0/s1. The first-order valence-corrected chi connectivity index (χ1v) is 27.0. The van der Waals surface area contributed by atoms with Crippen LogP contribution >= 0.6 is 11.3 Å². The zero-order valence-corrected chi connectivity index (χ0v) is 43.9. The van der Waals surface area contributed by atoms with Crippen LogP contribution in [0.1, 0.15) is 146 Å². The monoisotopic (exact) mass is 1000 g/mol. The Morgan fingerprint density at radius 3 is 2.12 bits per heavy atom. The van der Waals surface area contributed by atoms with Gasteiger partial charge in [0.05, 0.1) is 34.8 Å². The van der Waals surface area contributed by atoms with Gasteiger partial charge in [-0.3, -0.25) is 14.4 Å². The topological polar surface area (TPSA) is 205 Å². The van der Waals surface area contributed by atoms with Crippen LogP contribution in [0.5, 0.6) is 11.5 Å². The Morgan fingerprint density at radius 1 is 0.847 bits per heavy atom.